The van der Waals surface area contributed by atoms with Crippen molar-refractivity contribution in [2.45, 2.75) is 78.1 Å². The summed E-state index contributed by atoms with van der Waals surface area (Å²) in [5.41, 5.74) is -0.135. The molecule has 0 aromatic heterocycles. The largest absolute Gasteiger partial charge is 0.294 e. The van der Waals surface area contributed by atoms with Crippen LogP contribution in [0.5, 0.6) is 0 Å². The fourth-order valence-electron chi connectivity index (χ4n) is 2.90. The number of rotatable bonds is 11. The van der Waals surface area contributed by atoms with Gasteiger partial charge in [-0.15, -0.1) is 0 Å². The fourth-order valence-corrected chi connectivity index (χ4v) is 3.39. The first-order chi connectivity index (χ1) is 10.9. The van der Waals surface area contributed by atoms with Crippen molar-refractivity contribution in [2.75, 3.05) is 0 Å². The van der Waals surface area contributed by atoms with Crippen LogP contribution in [0.4, 0.5) is 0 Å². The molecule has 0 aromatic rings. The highest BCUT2D eigenvalue weighted by Crippen LogP contribution is 2.31. The molecule has 0 radical (unpaired) electrons. The molecule has 1 atom stereocenters. The lowest BCUT2D eigenvalue weighted by Gasteiger charge is -2.21. The Bertz CT molecular complexity index is 529. The molecule has 0 saturated heterocycles. The maximum atomic E-state index is 11.2. The van der Waals surface area contributed by atoms with Gasteiger partial charge in [0.1, 0.15) is 0 Å². The summed E-state index contributed by atoms with van der Waals surface area (Å²) in [6.07, 6.45) is 21.3. The van der Waals surface area contributed by atoms with E-state index in [-0.39, 0.29) is 10.3 Å². The second kappa shape index (κ2) is 10.1. The van der Waals surface area contributed by atoms with Crippen LogP contribution in [-0.2, 0) is 10.1 Å². The van der Waals surface area contributed by atoms with Crippen molar-refractivity contribution < 1.29 is 13.0 Å². The summed E-state index contributed by atoms with van der Waals surface area (Å²) in [6.45, 7) is 4.34. The molecule has 4 heteroatoms. The van der Waals surface area contributed by atoms with Gasteiger partial charge in [-0.2, -0.15) is 8.42 Å². The molecule has 0 aliphatic heterocycles. The van der Waals surface area contributed by atoms with Crippen molar-refractivity contribution in [1.29, 1.82) is 0 Å². The van der Waals surface area contributed by atoms with Crippen LogP contribution in [-0.4, -0.2) is 13.0 Å². The van der Waals surface area contributed by atoms with Crippen LogP contribution < -0.4 is 0 Å². The molecule has 1 unspecified atom stereocenters. The Morgan fingerprint density at radius 1 is 0.957 bits per heavy atom. The summed E-state index contributed by atoms with van der Waals surface area (Å²) in [5, 5.41) is 0. The van der Waals surface area contributed by atoms with Gasteiger partial charge in [-0.25, -0.2) is 0 Å². The molecule has 0 spiro atoms. The summed E-state index contributed by atoms with van der Waals surface area (Å²) in [5.74, 6) is 0. The Morgan fingerprint density at radius 3 is 2.09 bits per heavy atom. The van der Waals surface area contributed by atoms with Crippen LogP contribution in [0.2, 0.25) is 0 Å². The summed E-state index contributed by atoms with van der Waals surface area (Å²) >= 11 is 0. The van der Waals surface area contributed by atoms with Crippen molar-refractivity contribution in [3.63, 3.8) is 0 Å². The lowest BCUT2D eigenvalue weighted by atomic mass is 9.84. The van der Waals surface area contributed by atoms with Gasteiger partial charge in [0, 0.05) is 5.41 Å². The normalized spacial score (nSPS) is 21.3. The first-order valence-corrected chi connectivity index (χ1v) is 10.4. The molecule has 0 amide bonds. The van der Waals surface area contributed by atoms with Gasteiger partial charge in [-0.1, -0.05) is 89.9 Å². The smallest absolute Gasteiger partial charge is 0.282 e. The predicted molar refractivity (Wildman–Crippen MR) is 97.9 cm³/mol. The minimum atomic E-state index is -4.12. The molecular formula is C19H32O3S. The zero-order valence-electron chi connectivity index (χ0n) is 14.6. The van der Waals surface area contributed by atoms with Gasteiger partial charge in [0.25, 0.3) is 10.1 Å². The molecule has 0 aromatic carbocycles. The first-order valence-electron chi connectivity index (χ1n) is 8.94. The monoisotopic (exact) mass is 340 g/mol. The van der Waals surface area contributed by atoms with Gasteiger partial charge in [0.05, 0.1) is 4.91 Å². The van der Waals surface area contributed by atoms with E-state index in [9.17, 15) is 8.42 Å². The first kappa shape index (κ1) is 20.2. The molecular weight excluding hydrogens is 308 g/mol. The van der Waals surface area contributed by atoms with E-state index < -0.39 is 10.1 Å². The van der Waals surface area contributed by atoms with Crippen molar-refractivity contribution in [3.8, 4) is 0 Å². The molecule has 0 fully saturated rings. The Balaban J connectivity index is 2.25. The van der Waals surface area contributed by atoms with Crippen LogP contribution >= 0.6 is 0 Å². The summed E-state index contributed by atoms with van der Waals surface area (Å²) in [6, 6.07) is 0. The number of hydrogen-bond donors (Lipinski definition) is 1. The highest BCUT2D eigenvalue weighted by molar-refractivity contribution is 7.90. The molecule has 1 N–H and O–H groups in total. The third-order valence-electron chi connectivity index (χ3n) is 4.48. The summed E-state index contributed by atoms with van der Waals surface area (Å²) < 4.78 is 31.5. The van der Waals surface area contributed by atoms with Crippen molar-refractivity contribution in [3.05, 3.63) is 35.3 Å². The highest BCUT2D eigenvalue weighted by atomic mass is 32.2. The van der Waals surface area contributed by atoms with E-state index in [1.807, 2.05) is 12.2 Å². The second-order valence-electron chi connectivity index (χ2n) is 6.82. The zero-order valence-corrected chi connectivity index (χ0v) is 15.4. The molecule has 1 rings (SSSR count). The van der Waals surface area contributed by atoms with Crippen LogP contribution in [0.1, 0.15) is 78.1 Å². The quantitative estimate of drug-likeness (QED) is 0.381. The van der Waals surface area contributed by atoms with Crippen LogP contribution in [0.3, 0.4) is 0 Å². The van der Waals surface area contributed by atoms with E-state index in [1.54, 1.807) is 6.08 Å². The van der Waals surface area contributed by atoms with Crippen molar-refractivity contribution in [1.82, 2.24) is 0 Å². The molecule has 3 nitrogen and oxygen atoms in total. The van der Waals surface area contributed by atoms with Crippen molar-refractivity contribution >= 4 is 10.1 Å². The summed E-state index contributed by atoms with van der Waals surface area (Å²) in [7, 11) is -4.12. The van der Waals surface area contributed by atoms with Gasteiger partial charge in [-0.05, 0) is 18.6 Å². The standard InChI is InChI=1S/C19H32O3S/c1-3-4-5-6-7-8-9-10-11-15-19(2)16-12-13-18(14-17-19)23(20,21)22/h12-14,16-17H,3-11,15H2,1-2H3,(H,20,21,22). The molecule has 1 aliphatic carbocycles. The average Bonchev–Trinajstić information content (AvgIpc) is 2.67. The van der Waals surface area contributed by atoms with Gasteiger partial charge in [0.15, 0.2) is 0 Å². The summed E-state index contributed by atoms with van der Waals surface area (Å²) in [4.78, 5) is -0.0374. The SMILES string of the molecule is CCCCCCCCCCCC1(C)C=CC=C(S(=O)(=O)O)C=C1. The number of hydrogen-bond acceptors (Lipinski definition) is 2. The third-order valence-corrected chi connectivity index (χ3v) is 5.35. The Labute approximate surface area is 142 Å². The van der Waals surface area contributed by atoms with E-state index >= 15 is 0 Å². The molecule has 0 heterocycles. The van der Waals surface area contributed by atoms with E-state index in [4.69, 9.17) is 4.55 Å². The Kier molecular flexibility index (Phi) is 8.85. The van der Waals surface area contributed by atoms with Gasteiger partial charge in [0.2, 0.25) is 0 Å². The van der Waals surface area contributed by atoms with Gasteiger partial charge >= 0.3 is 0 Å². The third kappa shape index (κ3) is 8.52. The van der Waals surface area contributed by atoms with Crippen LogP contribution in [0, 0.1) is 5.41 Å². The van der Waals surface area contributed by atoms with E-state index in [2.05, 4.69) is 13.8 Å². The maximum absolute atomic E-state index is 11.2. The van der Waals surface area contributed by atoms with Gasteiger partial charge in [-0.3, -0.25) is 4.55 Å². The number of allylic oxidation sites excluding steroid dienone is 5. The minimum absolute atomic E-state index is 0.0374. The number of unbranched alkanes of at least 4 members (excludes halogenated alkanes) is 8. The Morgan fingerprint density at radius 2 is 1.52 bits per heavy atom. The Hall–Kier alpha value is -0.870. The minimum Gasteiger partial charge on any atom is -0.282 e. The van der Waals surface area contributed by atoms with E-state index in [0.717, 1.165) is 12.8 Å². The highest BCUT2D eigenvalue weighted by Gasteiger charge is 2.20. The van der Waals surface area contributed by atoms with E-state index in [0.29, 0.717) is 0 Å². The van der Waals surface area contributed by atoms with Crippen LogP contribution in [0.25, 0.3) is 0 Å². The molecule has 23 heavy (non-hydrogen) atoms. The molecule has 0 bridgehead atoms. The average molecular weight is 341 g/mol. The molecule has 1 aliphatic rings. The van der Waals surface area contributed by atoms with Crippen LogP contribution in [0.15, 0.2) is 35.3 Å². The fraction of sp³-hybridized carbons (Fsp3) is 0.684. The van der Waals surface area contributed by atoms with E-state index in [1.165, 1.54) is 63.5 Å². The zero-order chi connectivity index (χ0) is 17.2. The second-order valence-corrected chi connectivity index (χ2v) is 8.24. The lowest BCUT2D eigenvalue weighted by molar-refractivity contribution is 0.454. The predicted octanol–water partition coefficient (Wildman–Crippen LogP) is 5.81. The topological polar surface area (TPSA) is 54.4 Å². The van der Waals surface area contributed by atoms with Crippen molar-refractivity contribution in [2.24, 2.45) is 5.41 Å². The van der Waals surface area contributed by atoms with Gasteiger partial charge < -0.3 is 0 Å². The molecule has 0 saturated carbocycles. The maximum Gasteiger partial charge on any atom is 0.294 e. The lowest BCUT2D eigenvalue weighted by Crippen LogP contribution is -2.09. The molecule has 132 valence electrons.